The molecule has 0 bridgehead atoms. The van der Waals surface area contributed by atoms with Gasteiger partial charge < -0.3 is 10.0 Å². The lowest BCUT2D eigenvalue weighted by atomic mass is 10.1. The van der Waals surface area contributed by atoms with E-state index in [-0.39, 0.29) is 0 Å². The van der Waals surface area contributed by atoms with Crippen LogP contribution in [0, 0.1) is 0 Å². The van der Waals surface area contributed by atoms with E-state index in [0.717, 1.165) is 29.9 Å². The van der Waals surface area contributed by atoms with Crippen LogP contribution in [-0.2, 0) is 10.8 Å². The summed E-state index contributed by atoms with van der Waals surface area (Å²) in [5, 5.41) is 10.9. The maximum Gasteiger partial charge on any atom is 0.0931 e. The van der Waals surface area contributed by atoms with Crippen molar-refractivity contribution in [3.8, 4) is 0 Å². The van der Waals surface area contributed by atoms with Crippen molar-refractivity contribution < 1.29 is 9.32 Å². The molecule has 1 aromatic carbocycles. The van der Waals surface area contributed by atoms with Gasteiger partial charge in [-0.15, -0.1) is 0 Å². The van der Waals surface area contributed by atoms with Gasteiger partial charge in [-0.1, -0.05) is 29.8 Å². The Balaban J connectivity index is 1.93. The van der Waals surface area contributed by atoms with Crippen molar-refractivity contribution >= 4 is 22.4 Å². The summed E-state index contributed by atoms with van der Waals surface area (Å²) in [7, 11) is 1.37. The first-order valence-electron chi connectivity index (χ1n) is 6.55. The van der Waals surface area contributed by atoms with Crippen LogP contribution in [0.25, 0.3) is 0 Å². The Morgan fingerprint density at radius 1 is 1.42 bits per heavy atom. The largest absolute Gasteiger partial charge is 0.387 e. The average Bonchev–Trinajstić information content (AvgIpc) is 2.39. The van der Waals surface area contributed by atoms with Gasteiger partial charge in [0.05, 0.1) is 6.10 Å². The van der Waals surface area contributed by atoms with Crippen LogP contribution >= 0.6 is 11.6 Å². The van der Waals surface area contributed by atoms with Crippen LogP contribution in [-0.4, -0.2) is 45.4 Å². The minimum absolute atomic E-state index is 0.412. The van der Waals surface area contributed by atoms with E-state index in [2.05, 4.69) is 4.90 Å². The molecule has 0 aliphatic carbocycles. The molecule has 0 aromatic heterocycles. The number of benzene rings is 1. The van der Waals surface area contributed by atoms with E-state index in [0.29, 0.717) is 17.6 Å². The maximum absolute atomic E-state index is 11.3. The van der Waals surface area contributed by atoms with Gasteiger partial charge in [-0.05, 0) is 26.0 Å². The molecule has 5 heteroatoms. The lowest BCUT2D eigenvalue weighted by molar-refractivity contribution is 0.101. The summed E-state index contributed by atoms with van der Waals surface area (Å²) in [5.74, 6) is 1.55. The van der Waals surface area contributed by atoms with Crippen molar-refractivity contribution in [2.45, 2.75) is 25.0 Å². The molecule has 0 radical (unpaired) electrons. The molecule has 1 aliphatic rings. The molecule has 1 aliphatic heterocycles. The Labute approximate surface area is 122 Å². The average molecular weight is 302 g/mol. The number of hydrogen-bond acceptors (Lipinski definition) is 3. The SMILES string of the molecule is CN(CC(O)c1ccccc1Cl)C1CCS(=O)CC1. The quantitative estimate of drug-likeness (QED) is 0.927. The smallest absolute Gasteiger partial charge is 0.0931 e. The van der Waals surface area contributed by atoms with Gasteiger partial charge >= 0.3 is 0 Å². The summed E-state index contributed by atoms with van der Waals surface area (Å²) in [6.07, 6.45) is 1.31. The lowest BCUT2D eigenvalue weighted by Gasteiger charge is -2.32. The first-order chi connectivity index (χ1) is 9.08. The predicted molar refractivity (Wildman–Crippen MR) is 79.9 cm³/mol. The number of aliphatic hydroxyl groups excluding tert-OH is 1. The highest BCUT2D eigenvalue weighted by atomic mass is 35.5. The van der Waals surface area contributed by atoms with Crippen LogP contribution in [0.1, 0.15) is 24.5 Å². The fourth-order valence-electron chi connectivity index (χ4n) is 2.49. The van der Waals surface area contributed by atoms with E-state index < -0.39 is 16.9 Å². The Hall–Kier alpha value is -0.420. The Morgan fingerprint density at radius 2 is 2.05 bits per heavy atom. The number of hydrogen-bond donors (Lipinski definition) is 1. The molecular formula is C14H20ClNO2S. The van der Waals surface area contributed by atoms with E-state index in [4.69, 9.17) is 11.6 Å². The van der Waals surface area contributed by atoms with Crippen LogP contribution < -0.4 is 0 Å². The summed E-state index contributed by atoms with van der Waals surface area (Å²) in [6, 6.07) is 7.81. The normalized spacial score (nSPS) is 25.5. The Morgan fingerprint density at radius 3 is 2.68 bits per heavy atom. The first-order valence-corrected chi connectivity index (χ1v) is 8.42. The third-order valence-electron chi connectivity index (χ3n) is 3.71. The van der Waals surface area contributed by atoms with E-state index in [1.165, 1.54) is 0 Å². The molecule has 0 saturated carbocycles. The molecule has 0 spiro atoms. The first kappa shape index (κ1) is 15.0. The van der Waals surface area contributed by atoms with Gasteiger partial charge in [0.25, 0.3) is 0 Å². The van der Waals surface area contributed by atoms with Gasteiger partial charge in [0, 0.05) is 45.5 Å². The lowest BCUT2D eigenvalue weighted by Crippen LogP contribution is -2.39. The number of rotatable bonds is 4. The highest BCUT2D eigenvalue weighted by molar-refractivity contribution is 7.85. The van der Waals surface area contributed by atoms with Crippen LogP contribution in [0.4, 0.5) is 0 Å². The number of aliphatic hydroxyl groups is 1. The fraction of sp³-hybridized carbons (Fsp3) is 0.571. The maximum atomic E-state index is 11.3. The second kappa shape index (κ2) is 6.84. The molecule has 1 aromatic rings. The van der Waals surface area contributed by atoms with E-state index in [1.807, 2.05) is 25.2 Å². The number of halogens is 1. The zero-order valence-electron chi connectivity index (χ0n) is 11.1. The minimum Gasteiger partial charge on any atom is -0.387 e. The minimum atomic E-state index is -0.640. The Kier molecular flexibility index (Phi) is 5.39. The van der Waals surface area contributed by atoms with Gasteiger partial charge in [0.15, 0.2) is 0 Å². The zero-order chi connectivity index (χ0) is 13.8. The van der Waals surface area contributed by atoms with E-state index in [1.54, 1.807) is 6.07 Å². The summed E-state index contributed by atoms with van der Waals surface area (Å²) >= 11 is 6.09. The van der Waals surface area contributed by atoms with Crippen molar-refractivity contribution in [1.82, 2.24) is 4.90 Å². The van der Waals surface area contributed by atoms with Gasteiger partial charge in [0.2, 0.25) is 0 Å². The van der Waals surface area contributed by atoms with Gasteiger partial charge in [-0.2, -0.15) is 0 Å². The second-order valence-electron chi connectivity index (χ2n) is 5.06. The van der Waals surface area contributed by atoms with Crippen LogP contribution in [0.15, 0.2) is 24.3 Å². The van der Waals surface area contributed by atoms with Gasteiger partial charge in [-0.3, -0.25) is 4.21 Å². The fourth-order valence-corrected chi connectivity index (χ4v) is 4.02. The van der Waals surface area contributed by atoms with E-state index >= 15 is 0 Å². The molecule has 1 saturated heterocycles. The van der Waals surface area contributed by atoms with Crippen LogP contribution in [0.5, 0.6) is 0 Å². The molecule has 1 atom stereocenters. The number of likely N-dealkylation sites (N-methyl/N-ethyl adjacent to an activating group) is 1. The molecule has 0 amide bonds. The molecule has 19 heavy (non-hydrogen) atoms. The van der Waals surface area contributed by atoms with Crippen LogP contribution in [0.2, 0.25) is 5.02 Å². The third-order valence-corrected chi connectivity index (χ3v) is 5.43. The summed E-state index contributed by atoms with van der Waals surface area (Å²) < 4.78 is 11.3. The summed E-state index contributed by atoms with van der Waals surface area (Å²) in [6.45, 7) is 0.557. The molecular weight excluding hydrogens is 282 g/mol. The Bertz CT molecular complexity index is 445. The van der Waals surface area contributed by atoms with Crippen molar-refractivity contribution in [3.05, 3.63) is 34.9 Å². The summed E-state index contributed by atoms with van der Waals surface area (Å²) in [5.41, 5.74) is 0.774. The summed E-state index contributed by atoms with van der Waals surface area (Å²) in [4.78, 5) is 2.16. The molecule has 106 valence electrons. The van der Waals surface area contributed by atoms with E-state index in [9.17, 15) is 9.32 Å². The van der Waals surface area contributed by atoms with Gasteiger partial charge in [-0.25, -0.2) is 0 Å². The molecule has 1 heterocycles. The van der Waals surface area contributed by atoms with Gasteiger partial charge in [0.1, 0.15) is 0 Å². The van der Waals surface area contributed by atoms with Crippen LogP contribution in [0.3, 0.4) is 0 Å². The standard InChI is InChI=1S/C14H20ClNO2S/c1-16(11-6-8-19(18)9-7-11)10-14(17)12-4-2-3-5-13(12)15/h2-5,11,14,17H,6-10H2,1H3. The zero-order valence-corrected chi connectivity index (χ0v) is 12.7. The molecule has 3 nitrogen and oxygen atoms in total. The highest BCUT2D eigenvalue weighted by Crippen LogP contribution is 2.24. The van der Waals surface area contributed by atoms with Crippen molar-refractivity contribution in [2.24, 2.45) is 0 Å². The van der Waals surface area contributed by atoms with Crippen molar-refractivity contribution in [3.63, 3.8) is 0 Å². The topological polar surface area (TPSA) is 40.5 Å². The molecule has 1 unspecified atom stereocenters. The third kappa shape index (κ3) is 4.02. The molecule has 2 rings (SSSR count). The molecule has 1 N–H and O–H groups in total. The van der Waals surface area contributed by atoms with Crippen molar-refractivity contribution in [2.75, 3.05) is 25.1 Å². The highest BCUT2D eigenvalue weighted by Gasteiger charge is 2.23. The monoisotopic (exact) mass is 301 g/mol. The molecule has 1 fully saturated rings. The number of nitrogens with zero attached hydrogens (tertiary/aromatic N) is 1. The second-order valence-corrected chi connectivity index (χ2v) is 7.16. The predicted octanol–water partition coefficient (Wildman–Crippen LogP) is 2.22. The van der Waals surface area contributed by atoms with Crippen molar-refractivity contribution in [1.29, 1.82) is 0 Å².